The topological polar surface area (TPSA) is 46.3 Å². The van der Waals surface area contributed by atoms with Gasteiger partial charge in [0.15, 0.2) is 0 Å². The molecule has 5 heteroatoms. The van der Waals surface area contributed by atoms with E-state index in [-0.39, 0.29) is 18.3 Å². The van der Waals surface area contributed by atoms with Gasteiger partial charge in [-0.3, -0.25) is 4.79 Å². The molecular weight excluding hydrogens is 268 g/mol. The Morgan fingerprint density at radius 2 is 2.11 bits per heavy atom. The third kappa shape index (κ3) is 2.29. The van der Waals surface area contributed by atoms with Gasteiger partial charge in [0.2, 0.25) is 5.91 Å². The number of nitrogens with zero attached hydrogens (tertiary/aromatic N) is 1. The zero-order chi connectivity index (χ0) is 11.9. The lowest BCUT2D eigenvalue weighted by molar-refractivity contribution is -0.137. The molecule has 0 radical (unpaired) electrons. The molecule has 3 nitrogen and oxygen atoms in total. The van der Waals surface area contributed by atoms with Crippen molar-refractivity contribution in [2.24, 2.45) is 5.73 Å². The second-order valence-corrected chi connectivity index (χ2v) is 6.21. The van der Waals surface area contributed by atoms with Gasteiger partial charge in [-0.2, -0.15) is 0 Å². The molecule has 0 aromatic carbocycles. The monoisotopic (exact) mass is 286 g/mol. The molecule has 1 aromatic rings. The van der Waals surface area contributed by atoms with Crippen molar-refractivity contribution in [1.29, 1.82) is 0 Å². The quantitative estimate of drug-likeness (QED) is 0.861. The van der Waals surface area contributed by atoms with E-state index in [0.717, 1.165) is 45.2 Å². The highest BCUT2D eigenvalue weighted by molar-refractivity contribution is 7.10. The molecule has 3 rings (SSSR count). The SMILES string of the molecule is Cl.NC1(C(=O)N2CCc3sccc3C2)CCCC1. The molecule has 1 aromatic heterocycles. The number of carbonyl (C=O) groups is 1. The molecule has 0 saturated heterocycles. The van der Waals surface area contributed by atoms with Gasteiger partial charge in [0.05, 0.1) is 5.54 Å². The fourth-order valence-electron chi connectivity index (χ4n) is 2.96. The second kappa shape index (κ2) is 5.19. The summed E-state index contributed by atoms with van der Waals surface area (Å²) in [5, 5.41) is 2.12. The van der Waals surface area contributed by atoms with Crippen molar-refractivity contribution in [2.75, 3.05) is 6.54 Å². The first kappa shape index (κ1) is 13.8. The smallest absolute Gasteiger partial charge is 0.242 e. The Morgan fingerprint density at radius 3 is 2.83 bits per heavy atom. The minimum absolute atomic E-state index is 0. The fraction of sp³-hybridized carbons (Fsp3) is 0.615. The van der Waals surface area contributed by atoms with Gasteiger partial charge in [-0.1, -0.05) is 12.8 Å². The molecule has 0 bridgehead atoms. The number of hydrogen-bond donors (Lipinski definition) is 1. The van der Waals surface area contributed by atoms with Crippen LogP contribution in [0.4, 0.5) is 0 Å². The van der Waals surface area contributed by atoms with E-state index in [0.29, 0.717) is 0 Å². The van der Waals surface area contributed by atoms with Crippen LogP contribution in [0, 0.1) is 0 Å². The zero-order valence-electron chi connectivity index (χ0n) is 10.4. The Bertz CT molecular complexity index is 440. The van der Waals surface area contributed by atoms with Crippen LogP contribution in [0.15, 0.2) is 11.4 Å². The number of fused-ring (bicyclic) bond motifs is 1. The van der Waals surface area contributed by atoms with E-state index in [1.165, 1.54) is 10.4 Å². The van der Waals surface area contributed by atoms with Gasteiger partial charge < -0.3 is 10.6 Å². The lowest BCUT2D eigenvalue weighted by Crippen LogP contribution is -2.54. The summed E-state index contributed by atoms with van der Waals surface area (Å²) in [5.74, 6) is 0.173. The van der Waals surface area contributed by atoms with Crippen LogP contribution in [0.3, 0.4) is 0 Å². The average molecular weight is 287 g/mol. The third-order valence-electron chi connectivity index (χ3n) is 4.02. The summed E-state index contributed by atoms with van der Waals surface area (Å²) in [5.41, 5.74) is 6.99. The Balaban J connectivity index is 0.00000120. The second-order valence-electron chi connectivity index (χ2n) is 5.21. The van der Waals surface area contributed by atoms with Gasteiger partial charge in [-0.05, 0) is 36.3 Å². The maximum atomic E-state index is 12.5. The van der Waals surface area contributed by atoms with Crippen LogP contribution in [-0.2, 0) is 17.8 Å². The zero-order valence-corrected chi connectivity index (χ0v) is 12.0. The van der Waals surface area contributed by atoms with Crippen LogP contribution >= 0.6 is 23.7 Å². The van der Waals surface area contributed by atoms with Crippen molar-refractivity contribution in [3.8, 4) is 0 Å². The van der Waals surface area contributed by atoms with Crippen molar-refractivity contribution in [3.63, 3.8) is 0 Å². The van der Waals surface area contributed by atoms with Crippen LogP contribution < -0.4 is 5.73 Å². The Kier molecular flexibility index (Phi) is 3.99. The third-order valence-corrected chi connectivity index (χ3v) is 5.04. The van der Waals surface area contributed by atoms with Crippen molar-refractivity contribution in [2.45, 2.75) is 44.2 Å². The highest BCUT2D eigenvalue weighted by Crippen LogP contribution is 2.31. The number of halogens is 1. The first-order valence-corrected chi connectivity index (χ1v) is 7.20. The molecule has 2 aliphatic rings. The minimum Gasteiger partial charge on any atom is -0.336 e. The van der Waals surface area contributed by atoms with Gasteiger partial charge in [-0.25, -0.2) is 0 Å². The summed E-state index contributed by atoms with van der Waals surface area (Å²) < 4.78 is 0. The summed E-state index contributed by atoms with van der Waals surface area (Å²) in [6, 6.07) is 2.14. The summed E-state index contributed by atoms with van der Waals surface area (Å²) in [4.78, 5) is 15.9. The van der Waals surface area contributed by atoms with Gasteiger partial charge in [0, 0.05) is 18.0 Å². The predicted octanol–water partition coefficient (Wildman–Crippen LogP) is 2.33. The summed E-state index contributed by atoms with van der Waals surface area (Å²) >= 11 is 1.80. The molecule has 1 saturated carbocycles. The number of thiophene rings is 1. The van der Waals surface area contributed by atoms with Crippen LogP contribution in [0.1, 0.15) is 36.1 Å². The van der Waals surface area contributed by atoms with E-state index in [9.17, 15) is 4.79 Å². The molecule has 0 spiro atoms. The van der Waals surface area contributed by atoms with E-state index in [2.05, 4.69) is 11.4 Å². The number of rotatable bonds is 1. The van der Waals surface area contributed by atoms with Gasteiger partial charge in [0.25, 0.3) is 0 Å². The van der Waals surface area contributed by atoms with Crippen LogP contribution in [0.2, 0.25) is 0 Å². The van der Waals surface area contributed by atoms with E-state index >= 15 is 0 Å². The molecule has 0 unspecified atom stereocenters. The molecule has 2 N–H and O–H groups in total. The molecular formula is C13H19ClN2OS. The molecule has 100 valence electrons. The Hall–Kier alpha value is -0.580. The van der Waals surface area contributed by atoms with E-state index in [1.807, 2.05) is 4.90 Å². The van der Waals surface area contributed by atoms with E-state index in [1.54, 1.807) is 11.3 Å². The van der Waals surface area contributed by atoms with Crippen LogP contribution in [-0.4, -0.2) is 22.9 Å². The minimum atomic E-state index is -0.562. The molecule has 1 amide bonds. The Morgan fingerprint density at radius 1 is 1.39 bits per heavy atom. The van der Waals surface area contributed by atoms with Crippen molar-refractivity contribution in [3.05, 3.63) is 21.9 Å². The van der Waals surface area contributed by atoms with Gasteiger partial charge in [-0.15, -0.1) is 23.7 Å². The number of carbonyl (C=O) groups excluding carboxylic acids is 1. The standard InChI is InChI=1S/C13H18N2OS.ClH/c14-13(5-1-2-6-13)12(16)15-7-3-11-10(9-15)4-8-17-11;/h4,8H,1-3,5-7,9,14H2;1H. The van der Waals surface area contributed by atoms with Crippen molar-refractivity contribution >= 4 is 29.7 Å². The number of amides is 1. The van der Waals surface area contributed by atoms with E-state index < -0.39 is 5.54 Å². The lowest BCUT2D eigenvalue weighted by Gasteiger charge is -2.34. The Labute approximate surface area is 118 Å². The van der Waals surface area contributed by atoms with Crippen molar-refractivity contribution < 1.29 is 4.79 Å². The number of nitrogens with two attached hydrogens (primary N) is 1. The van der Waals surface area contributed by atoms with Gasteiger partial charge in [0.1, 0.15) is 0 Å². The van der Waals surface area contributed by atoms with Crippen LogP contribution in [0.25, 0.3) is 0 Å². The first-order valence-electron chi connectivity index (χ1n) is 6.32. The van der Waals surface area contributed by atoms with Crippen molar-refractivity contribution in [1.82, 2.24) is 4.90 Å². The summed E-state index contributed by atoms with van der Waals surface area (Å²) in [6.45, 7) is 1.60. The normalized spacial score (nSPS) is 21.3. The molecule has 18 heavy (non-hydrogen) atoms. The lowest BCUT2D eigenvalue weighted by atomic mass is 9.96. The first-order chi connectivity index (χ1) is 8.19. The maximum Gasteiger partial charge on any atom is 0.242 e. The predicted molar refractivity (Wildman–Crippen MR) is 76.1 cm³/mol. The van der Waals surface area contributed by atoms with E-state index in [4.69, 9.17) is 5.73 Å². The molecule has 1 fully saturated rings. The summed E-state index contributed by atoms with van der Waals surface area (Å²) in [6.07, 6.45) is 4.91. The average Bonchev–Trinajstić information content (AvgIpc) is 2.96. The highest BCUT2D eigenvalue weighted by Gasteiger charge is 2.40. The fourth-order valence-corrected chi connectivity index (χ4v) is 3.85. The highest BCUT2D eigenvalue weighted by atomic mass is 35.5. The number of hydrogen-bond acceptors (Lipinski definition) is 3. The van der Waals surface area contributed by atoms with Gasteiger partial charge >= 0.3 is 0 Å². The molecule has 1 aliphatic carbocycles. The van der Waals surface area contributed by atoms with Crippen LogP contribution in [0.5, 0.6) is 0 Å². The largest absolute Gasteiger partial charge is 0.336 e. The molecule has 2 heterocycles. The maximum absolute atomic E-state index is 12.5. The molecule has 1 aliphatic heterocycles. The summed E-state index contributed by atoms with van der Waals surface area (Å²) in [7, 11) is 0. The molecule has 0 atom stereocenters.